The Kier molecular flexibility index (Phi) is 1.91. The van der Waals surface area contributed by atoms with Crippen LogP contribution in [0, 0.1) is 0 Å². The van der Waals surface area contributed by atoms with Crippen molar-refractivity contribution in [1.29, 1.82) is 0 Å². The van der Waals surface area contributed by atoms with E-state index in [-0.39, 0.29) is 11.5 Å². The van der Waals surface area contributed by atoms with Gasteiger partial charge in [0.05, 0.1) is 0 Å². The Hall–Kier alpha value is -1.71. The third-order valence-electron chi connectivity index (χ3n) is 1.47. The van der Waals surface area contributed by atoms with Crippen LogP contribution >= 0.6 is 0 Å². The number of allylic oxidation sites excluding steroid dienone is 2. The van der Waals surface area contributed by atoms with Gasteiger partial charge in [0.25, 0.3) is 0 Å². The number of carbonyl (C=O) groups is 1. The fourth-order valence-electron chi connectivity index (χ4n) is 0.937. The number of dihydropyridines is 1. The fraction of sp³-hybridized carbons (Fsp3) is 0.125. The van der Waals surface area contributed by atoms with Crippen LogP contribution in [-0.2, 0) is 4.79 Å². The molecule has 4 nitrogen and oxygen atoms in total. The molecule has 0 amide bonds. The number of rotatable bonds is 1. The SMILES string of the molecule is C=C1C=C(C)NC(C(=O)O)=C1O. The Morgan fingerprint density at radius 2 is 2.25 bits per heavy atom. The van der Waals surface area contributed by atoms with Crippen LogP contribution in [0.1, 0.15) is 6.92 Å². The van der Waals surface area contributed by atoms with Gasteiger partial charge in [0.2, 0.25) is 0 Å². The van der Waals surface area contributed by atoms with Crippen LogP contribution in [0.25, 0.3) is 0 Å². The molecule has 0 unspecified atom stereocenters. The lowest BCUT2D eigenvalue weighted by molar-refractivity contribution is -0.133. The Morgan fingerprint density at radius 1 is 1.67 bits per heavy atom. The summed E-state index contributed by atoms with van der Waals surface area (Å²) < 4.78 is 0. The van der Waals surface area contributed by atoms with Gasteiger partial charge in [-0.15, -0.1) is 0 Å². The first-order chi connectivity index (χ1) is 5.52. The number of carboxylic acids is 1. The number of hydrogen-bond donors (Lipinski definition) is 3. The third-order valence-corrected chi connectivity index (χ3v) is 1.47. The molecule has 1 rings (SSSR count). The Morgan fingerprint density at radius 3 is 2.75 bits per heavy atom. The van der Waals surface area contributed by atoms with E-state index in [1.807, 2.05) is 0 Å². The number of hydrogen-bond acceptors (Lipinski definition) is 3. The molecule has 0 spiro atoms. The molecule has 1 heterocycles. The quantitative estimate of drug-likeness (QED) is 0.542. The van der Waals surface area contributed by atoms with E-state index in [1.54, 1.807) is 13.0 Å². The smallest absolute Gasteiger partial charge is 0.356 e. The van der Waals surface area contributed by atoms with Crippen LogP contribution in [0.5, 0.6) is 0 Å². The first-order valence-corrected chi connectivity index (χ1v) is 3.33. The van der Waals surface area contributed by atoms with E-state index in [2.05, 4.69) is 11.9 Å². The minimum Gasteiger partial charge on any atom is -0.505 e. The highest BCUT2D eigenvalue weighted by Crippen LogP contribution is 2.17. The highest BCUT2D eigenvalue weighted by Gasteiger charge is 2.19. The van der Waals surface area contributed by atoms with Gasteiger partial charge in [0.15, 0.2) is 11.5 Å². The molecule has 3 N–H and O–H groups in total. The summed E-state index contributed by atoms with van der Waals surface area (Å²) in [5.41, 5.74) is 0.735. The van der Waals surface area contributed by atoms with Crippen LogP contribution < -0.4 is 5.32 Å². The van der Waals surface area contributed by atoms with Gasteiger partial charge in [0, 0.05) is 11.3 Å². The summed E-state index contributed by atoms with van der Waals surface area (Å²) in [6.07, 6.45) is 1.57. The molecule has 0 aliphatic carbocycles. The summed E-state index contributed by atoms with van der Waals surface area (Å²) in [7, 11) is 0. The Balaban J connectivity index is 3.07. The molecule has 0 radical (unpaired) electrons. The Labute approximate surface area is 69.5 Å². The predicted octanol–water partition coefficient (Wildman–Crippen LogP) is 0.904. The van der Waals surface area contributed by atoms with Crippen LogP contribution in [0.15, 0.2) is 35.4 Å². The number of carboxylic acid groups (broad SMARTS) is 1. The van der Waals surface area contributed by atoms with Crippen LogP contribution in [-0.4, -0.2) is 16.2 Å². The second-order valence-corrected chi connectivity index (χ2v) is 2.51. The van der Waals surface area contributed by atoms with Crippen molar-refractivity contribution in [3.8, 4) is 0 Å². The Bertz CT molecular complexity index is 312. The number of nitrogens with one attached hydrogen (secondary N) is 1. The molecule has 0 saturated heterocycles. The monoisotopic (exact) mass is 167 g/mol. The maximum atomic E-state index is 10.5. The normalized spacial score (nSPS) is 17.1. The van der Waals surface area contributed by atoms with Crippen LogP contribution in [0.4, 0.5) is 0 Å². The molecule has 0 atom stereocenters. The maximum absolute atomic E-state index is 10.5. The number of aliphatic hydroxyl groups is 1. The van der Waals surface area contributed by atoms with Crippen molar-refractivity contribution in [3.63, 3.8) is 0 Å². The van der Waals surface area contributed by atoms with Gasteiger partial charge in [0.1, 0.15) is 0 Å². The molecule has 1 aliphatic rings. The van der Waals surface area contributed by atoms with Crippen LogP contribution in [0.2, 0.25) is 0 Å². The van der Waals surface area contributed by atoms with E-state index >= 15 is 0 Å². The molecule has 0 aromatic heterocycles. The third kappa shape index (κ3) is 1.32. The molecule has 0 aromatic rings. The fourth-order valence-corrected chi connectivity index (χ4v) is 0.937. The average Bonchev–Trinajstić information content (AvgIpc) is 1.96. The summed E-state index contributed by atoms with van der Waals surface area (Å²) in [6.45, 7) is 5.19. The highest BCUT2D eigenvalue weighted by atomic mass is 16.4. The van der Waals surface area contributed by atoms with E-state index in [0.29, 0.717) is 11.3 Å². The van der Waals surface area contributed by atoms with E-state index in [1.165, 1.54) is 0 Å². The molecular weight excluding hydrogens is 158 g/mol. The first-order valence-electron chi connectivity index (χ1n) is 3.33. The highest BCUT2D eigenvalue weighted by molar-refractivity contribution is 5.88. The molecule has 0 aromatic carbocycles. The van der Waals surface area contributed by atoms with Crippen molar-refractivity contribution in [2.45, 2.75) is 6.92 Å². The standard InChI is InChI=1S/C8H9NO3/c1-4-3-5(2)9-6(7(4)10)8(11)12/h3,9-10H,1H2,2H3,(H,11,12). The van der Waals surface area contributed by atoms with Gasteiger partial charge in [-0.2, -0.15) is 0 Å². The lowest BCUT2D eigenvalue weighted by atomic mass is 10.1. The van der Waals surface area contributed by atoms with Crippen molar-refractivity contribution in [2.75, 3.05) is 0 Å². The minimum atomic E-state index is -1.19. The summed E-state index contributed by atoms with van der Waals surface area (Å²) in [4.78, 5) is 10.5. The first kappa shape index (κ1) is 8.39. The molecule has 0 fully saturated rings. The molecule has 64 valence electrons. The van der Waals surface area contributed by atoms with Crippen molar-refractivity contribution in [1.82, 2.24) is 5.32 Å². The summed E-state index contributed by atoms with van der Waals surface area (Å²) in [5, 5.41) is 20.3. The van der Waals surface area contributed by atoms with Crippen molar-refractivity contribution < 1.29 is 15.0 Å². The van der Waals surface area contributed by atoms with E-state index in [0.717, 1.165) is 0 Å². The van der Waals surface area contributed by atoms with Gasteiger partial charge in [-0.05, 0) is 13.0 Å². The van der Waals surface area contributed by atoms with Gasteiger partial charge >= 0.3 is 5.97 Å². The van der Waals surface area contributed by atoms with E-state index in [4.69, 9.17) is 5.11 Å². The van der Waals surface area contributed by atoms with Gasteiger partial charge < -0.3 is 15.5 Å². The number of aliphatic hydroxyl groups excluding tert-OH is 1. The number of aliphatic carboxylic acids is 1. The lowest BCUT2D eigenvalue weighted by Gasteiger charge is -2.15. The zero-order valence-electron chi connectivity index (χ0n) is 6.59. The molecule has 1 aliphatic heterocycles. The molecule has 12 heavy (non-hydrogen) atoms. The summed E-state index contributed by atoms with van der Waals surface area (Å²) in [6, 6.07) is 0. The molecular formula is C8H9NO3. The second kappa shape index (κ2) is 2.73. The van der Waals surface area contributed by atoms with Gasteiger partial charge in [-0.1, -0.05) is 6.58 Å². The zero-order valence-corrected chi connectivity index (χ0v) is 6.59. The summed E-state index contributed by atoms with van der Waals surface area (Å²) in [5.74, 6) is -1.51. The predicted molar refractivity (Wildman–Crippen MR) is 43.3 cm³/mol. The topological polar surface area (TPSA) is 69.6 Å². The van der Waals surface area contributed by atoms with Crippen molar-refractivity contribution in [3.05, 3.63) is 35.4 Å². The van der Waals surface area contributed by atoms with E-state index in [9.17, 15) is 9.90 Å². The van der Waals surface area contributed by atoms with Gasteiger partial charge in [-0.25, -0.2) is 4.79 Å². The van der Waals surface area contributed by atoms with Crippen LogP contribution in [0.3, 0.4) is 0 Å². The maximum Gasteiger partial charge on any atom is 0.356 e. The molecule has 0 saturated carbocycles. The van der Waals surface area contributed by atoms with E-state index < -0.39 is 5.97 Å². The average molecular weight is 167 g/mol. The molecule has 0 bridgehead atoms. The minimum absolute atomic E-state index is 0.222. The lowest BCUT2D eigenvalue weighted by Crippen LogP contribution is -2.24. The largest absolute Gasteiger partial charge is 0.505 e. The van der Waals surface area contributed by atoms with Gasteiger partial charge in [-0.3, -0.25) is 0 Å². The summed E-state index contributed by atoms with van der Waals surface area (Å²) >= 11 is 0. The molecule has 4 heteroatoms. The van der Waals surface area contributed by atoms with Crippen molar-refractivity contribution in [2.24, 2.45) is 0 Å². The zero-order chi connectivity index (χ0) is 9.30. The van der Waals surface area contributed by atoms with Crippen molar-refractivity contribution >= 4 is 5.97 Å². The second-order valence-electron chi connectivity index (χ2n) is 2.51.